The predicted octanol–water partition coefficient (Wildman–Crippen LogP) is 1.75. The maximum Gasteiger partial charge on any atom is 0.306 e. The molecule has 0 aliphatic carbocycles. The average Bonchev–Trinajstić information content (AvgIpc) is 2.96. The van der Waals surface area contributed by atoms with E-state index in [1.807, 2.05) is 13.0 Å². The summed E-state index contributed by atoms with van der Waals surface area (Å²) < 4.78 is 36.8. The van der Waals surface area contributed by atoms with E-state index >= 15 is 0 Å². The highest BCUT2D eigenvalue weighted by Crippen LogP contribution is 2.30. The molecular weight excluding hydrogens is 330 g/mol. The van der Waals surface area contributed by atoms with Crippen LogP contribution in [0, 0.1) is 12.8 Å². The van der Waals surface area contributed by atoms with E-state index in [2.05, 4.69) is 0 Å². The van der Waals surface area contributed by atoms with Gasteiger partial charge in [-0.25, -0.2) is 8.42 Å². The van der Waals surface area contributed by atoms with Gasteiger partial charge < -0.3 is 9.47 Å². The van der Waals surface area contributed by atoms with Crippen molar-refractivity contribution in [1.29, 1.82) is 0 Å². The van der Waals surface area contributed by atoms with Crippen LogP contribution in [0.2, 0.25) is 0 Å². The van der Waals surface area contributed by atoms with Gasteiger partial charge in [-0.3, -0.25) is 4.79 Å². The van der Waals surface area contributed by atoms with Crippen LogP contribution in [0.25, 0.3) is 0 Å². The number of sulfonamides is 1. The van der Waals surface area contributed by atoms with Crippen molar-refractivity contribution in [3.8, 4) is 0 Å². The summed E-state index contributed by atoms with van der Waals surface area (Å²) in [6.45, 7) is 2.82. The second kappa shape index (κ2) is 7.92. The molecule has 1 aromatic rings. The van der Waals surface area contributed by atoms with Gasteiger partial charge in [0.15, 0.2) is 0 Å². The first-order valence-corrected chi connectivity index (χ1v) is 9.14. The summed E-state index contributed by atoms with van der Waals surface area (Å²) in [5.74, 6) is -0.536. The van der Waals surface area contributed by atoms with Crippen LogP contribution < -0.4 is 0 Å². The molecule has 0 aromatic heterocycles. The van der Waals surface area contributed by atoms with Crippen LogP contribution in [-0.4, -0.2) is 52.6 Å². The molecule has 2 rings (SSSR count). The molecule has 0 bridgehead atoms. The number of carbonyl (C=O) groups is 1. The second-order valence-corrected chi connectivity index (χ2v) is 7.76. The highest BCUT2D eigenvalue weighted by Gasteiger charge is 2.36. The maximum atomic E-state index is 12.8. The summed E-state index contributed by atoms with van der Waals surface area (Å²) in [6.07, 6.45) is 2.00. The highest BCUT2D eigenvalue weighted by atomic mass is 32.2. The lowest BCUT2D eigenvalue weighted by Gasteiger charge is -2.16. The van der Waals surface area contributed by atoms with Crippen LogP contribution in [0.15, 0.2) is 40.8 Å². The topological polar surface area (TPSA) is 72.9 Å². The lowest BCUT2D eigenvalue weighted by molar-refractivity contribution is -0.141. The Balaban J connectivity index is 2.24. The van der Waals surface area contributed by atoms with Crippen LogP contribution in [0.3, 0.4) is 0 Å². The number of hydrogen-bond donors (Lipinski definition) is 0. The predicted molar refractivity (Wildman–Crippen MR) is 90.0 cm³/mol. The molecule has 1 heterocycles. The molecule has 0 N–H and O–H groups in total. The monoisotopic (exact) mass is 353 g/mol. The number of aryl methyl sites for hydroxylation is 1. The van der Waals surface area contributed by atoms with Gasteiger partial charge in [-0.1, -0.05) is 29.3 Å². The fourth-order valence-corrected chi connectivity index (χ4v) is 4.18. The molecular formula is C17H23NO5S. The second-order valence-electron chi connectivity index (χ2n) is 5.82. The third-order valence-corrected chi connectivity index (χ3v) is 5.94. The number of rotatable bonds is 6. The van der Waals surface area contributed by atoms with Crippen LogP contribution in [0.5, 0.6) is 0 Å². The summed E-state index contributed by atoms with van der Waals surface area (Å²) in [5, 5.41) is 0. The van der Waals surface area contributed by atoms with Gasteiger partial charge in [0.2, 0.25) is 10.0 Å². The molecule has 6 nitrogen and oxygen atoms in total. The molecule has 1 aliphatic heterocycles. The van der Waals surface area contributed by atoms with E-state index in [-0.39, 0.29) is 36.3 Å². The lowest BCUT2D eigenvalue weighted by Crippen LogP contribution is -2.29. The third kappa shape index (κ3) is 4.23. The number of benzene rings is 1. The zero-order valence-corrected chi connectivity index (χ0v) is 15.0. The van der Waals surface area contributed by atoms with Gasteiger partial charge in [0, 0.05) is 26.1 Å². The molecule has 1 aromatic carbocycles. The SMILES string of the molecule is COC/C=C1\CN(S(=O)(=O)c2ccc(C)cc2)CC1CC(=O)OC. The molecule has 0 saturated carbocycles. The maximum absolute atomic E-state index is 12.8. The third-order valence-electron chi connectivity index (χ3n) is 4.12. The van der Waals surface area contributed by atoms with E-state index in [0.717, 1.165) is 11.1 Å². The van der Waals surface area contributed by atoms with E-state index in [1.54, 1.807) is 31.4 Å². The standard InChI is InChI=1S/C17H23NO5S/c1-13-4-6-16(7-5-13)24(20,21)18-11-14(8-9-22-2)15(12-18)10-17(19)23-3/h4-8,15H,9-12H2,1-3H3/b14-8+. The van der Waals surface area contributed by atoms with Gasteiger partial charge in [0.25, 0.3) is 0 Å². The fraction of sp³-hybridized carbons (Fsp3) is 0.471. The molecule has 24 heavy (non-hydrogen) atoms. The Morgan fingerprint density at radius 2 is 1.96 bits per heavy atom. The van der Waals surface area contributed by atoms with E-state index < -0.39 is 10.0 Å². The molecule has 132 valence electrons. The summed E-state index contributed by atoms with van der Waals surface area (Å²) >= 11 is 0. The van der Waals surface area contributed by atoms with Gasteiger partial charge in [-0.05, 0) is 19.1 Å². The van der Waals surface area contributed by atoms with Crippen molar-refractivity contribution in [3.63, 3.8) is 0 Å². The van der Waals surface area contributed by atoms with Crippen molar-refractivity contribution in [2.75, 3.05) is 33.9 Å². The molecule has 0 radical (unpaired) electrons. The van der Waals surface area contributed by atoms with Crippen LogP contribution in [-0.2, 0) is 24.3 Å². The van der Waals surface area contributed by atoms with Crippen LogP contribution in [0.1, 0.15) is 12.0 Å². The van der Waals surface area contributed by atoms with E-state index in [0.29, 0.717) is 6.61 Å². The molecule has 1 unspecified atom stereocenters. The van der Waals surface area contributed by atoms with Gasteiger partial charge in [-0.2, -0.15) is 4.31 Å². The van der Waals surface area contributed by atoms with Crippen molar-refractivity contribution in [2.24, 2.45) is 5.92 Å². The number of nitrogens with zero attached hydrogens (tertiary/aromatic N) is 1. The van der Waals surface area contributed by atoms with Gasteiger partial charge in [0.05, 0.1) is 25.0 Å². The first-order chi connectivity index (χ1) is 11.4. The Hall–Kier alpha value is -1.70. The Morgan fingerprint density at radius 3 is 2.54 bits per heavy atom. The molecule has 1 atom stereocenters. The molecule has 0 amide bonds. The number of ether oxygens (including phenoxy) is 2. The summed E-state index contributed by atoms with van der Waals surface area (Å²) in [4.78, 5) is 11.9. The number of hydrogen-bond acceptors (Lipinski definition) is 5. The largest absolute Gasteiger partial charge is 0.469 e. The Labute approximate surface area is 143 Å². The van der Waals surface area contributed by atoms with E-state index in [4.69, 9.17) is 9.47 Å². The van der Waals surface area contributed by atoms with Crippen LogP contribution in [0.4, 0.5) is 0 Å². The zero-order valence-electron chi connectivity index (χ0n) is 14.2. The van der Waals surface area contributed by atoms with Crippen molar-refractivity contribution < 1.29 is 22.7 Å². The van der Waals surface area contributed by atoms with Gasteiger partial charge >= 0.3 is 5.97 Å². The molecule has 1 saturated heterocycles. The highest BCUT2D eigenvalue weighted by molar-refractivity contribution is 7.89. The number of esters is 1. The molecule has 1 aliphatic rings. The fourth-order valence-electron chi connectivity index (χ4n) is 2.70. The minimum absolute atomic E-state index is 0.159. The van der Waals surface area contributed by atoms with E-state index in [1.165, 1.54) is 11.4 Å². The minimum atomic E-state index is -3.59. The Kier molecular flexibility index (Phi) is 6.15. The Morgan fingerprint density at radius 1 is 1.29 bits per heavy atom. The Bertz CT molecular complexity index is 709. The quantitative estimate of drug-likeness (QED) is 0.575. The smallest absolute Gasteiger partial charge is 0.306 e. The van der Waals surface area contributed by atoms with Gasteiger partial charge in [-0.15, -0.1) is 0 Å². The lowest BCUT2D eigenvalue weighted by atomic mass is 9.99. The summed E-state index contributed by atoms with van der Waals surface area (Å²) in [6, 6.07) is 6.76. The summed E-state index contributed by atoms with van der Waals surface area (Å²) in [7, 11) is -0.688. The van der Waals surface area contributed by atoms with Crippen LogP contribution >= 0.6 is 0 Å². The van der Waals surface area contributed by atoms with Gasteiger partial charge in [0.1, 0.15) is 0 Å². The van der Waals surface area contributed by atoms with Crippen molar-refractivity contribution in [2.45, 2.75) is 18.2 Å². The minimum Gasteiger partial charge on any atom is -0.469 e. The molecule has 7 heteroatoms. The zero-order chi connectivity index (χ0) is 17.7. The van der Waals surface area contributed by atoms with Crippen molar-refractivity contribution in [1.82, 2.24) is 4.31 Å². The first-order valence-electron chi connectivity index (χ1n) is 7.70. The molecule has 1 fully saturated rings. The first kappa shape index (κ1) is 18.6. The van der Waals surface area contributed by atoms with E-state index in [9.17, 15) is 13.2 Å². The summed E-state index contributed by atoms with van der Waals surface area (Å²) in [5.41, 5.74) is 1.89. The number of carbonyl (C=O) groups excluding carboxylic acids is 1. The molecule has 0 spiro atoms. The normalized spacial score (nSPS) is 20.5. The average molecular weight is 353 g/mol. The van der Waals surface area contributed by atoms with Crippen molar-refractivity contribution in [3.05, 3.63) is 41.5 Å². The number of methoxy groups -OCH3 is 2. The van der Waals surface area contributed by atoms with Crippen molar-refractivity contribution >= 4 is 16.0 Å².